The van der Waals surface area contributed by atoms with Crippen molar-refractivity contribution in [1.82, 2.24) is 0 Å². The Kier molecular flexibility index (Phi) is 3.85. The molecule has 20 heavy (non-hydrogen) atoms. The Morgan fingerprint density at radius 3 is 2.75 bits per heavy atom. The van der Waals surface area contributed by atoms with Crippen molar-refractivity contribution in [1.29, 1.82) is 0 Å². The number of para-hydroxylation sites is 1. The van der Waals surface area contributed by atoms with Crippen LogP contribution in [0.3, 0.4) is 0 Å². The third kappa shape index (κ3) is 2.84. The average Bonchev–Trinajstić information content (AvgIpc) is 2.40. The number of nitro groups is 1. The molecule has 1 aliphatic rings. The monoisotopic (exact) mass is 281 g/mol. The van der Waals surface area contributed by atoms with Crippen molar-refractivity contribution in [3.8, 4) is 0 Å². The third-order valence-electron chi connectivity index (χ3n) is 3.03. The van der Waals surface area contributed by atoms with Crippen molar-refractivity contribution in [2.75, 3.05) is 6.61 Å². The summed E-state index contributed by atoms with van der Waals surface area (Å²) in [5.41, 5.74) is -0.200. The predicted octanol–water partition coefficient (Wildman–Crippen LogP) is 1.35. The summed E-state index contributed by atoms with van der Waals surface area (Å²) in [6, 6.07) is 5.72. The van der Waals surface area contributed by atoms with Gasteiger partial charge in [0, 0.05) is 6.07 Å². The van der Waals surface area contributed by atoms with Crippen LogP contribution >= 0.6 is 0 Å². The number of ether oxygens (including phenoxy) is 2. The Hall–Kier alpha value is -1.83. The lowest BCUT2D eigenvalue weighted by atomic mass is 9.98. The first kappa shape index (κ1) is 14.6. The van der Waals surface area contributed by atoms with Crippen LogP contribution in [0.15, 0.2) is 24.3 Å². The van der Waals surface area contributed by atoms with Gasteiger partial charge < -0.3 is 14.6 Å². The van der Waals surface area contributed by atoms with Crippen LogP contribution in [0.25, 0.3) is 0 Å². The summed E-state index contributed by atoms with van der Waals surface area (Å²) in [6.07, 6.45) is -2.59. The van der Waals surface area contributed by atoms with Crippen molar-refractivity contribution in [2.45, 2.75) is 31.8 Å². The number of carbonyl (C=O) groups excluding carboxylic acids is 1. The van der Waals surface area contributed by atoms with Gasteiger partial charge in [-0.15, -0.1) is 0 Å². The van der Waals surface area contributed by atoms with E-state index < -0.39 is 28.7 Å². The first-order chi connectivity index (χ1) is 9.32. The third-order valence-corrected chi connectivity index (χ3v) is 3.03. The van der Waals surface area contributed by atoms with Crippen LogP contribution in [0.4, 0.5) is 5.69 Å². The number of Topliss-reactive ketones (excluding diaryl/α,β-unsaturated/α-hetero) is 1. The molecule has 0 amide bonds. The quantitative estimate of drug-likeness (QED) is 0.663. The maximum absolute atomic E-state index is 11.8. The molecule has 1 aromatic rings. The highest BCUT2D eigenvalue weighted by Gasteiger charge is 2.41. The molecule has 1 fully saturated rings. The number of aliphatic hydroxyl groups is 1. The molecule has 0 saturated carbocycles. The Bertz CT molecular complexity index is 541. The molecule has 0 radical (unpaired) electrons. The summed E-state index contributed by atoms with van der Waals surface area (Å²) in [5.74, 6) is -1.47. The van der Waals surface area contributed by atoms with Crippen LogP contribution in [0.1, 0.15) is 25.5 Å². The lowest BCUT2D eigenvalue weighted by molar-refractivity contribution is -0.386. The molecule has 2 atom stereocenters. The summed E-state index contributed by atoms with van der Waals surface area (Å²) in [6.45, 7) is 3.02. The molecule has 0 spiro atoms. The van der Waals surface area contributed by atoms with Gasteiger partial charge in [0.15, 0.2) is 17.7 Å². The smallest absolute Gasteiger partial charge is 0.275 e. The van der Waals surface area contributed by atoms with Gasteiger partial charge in [-0.3, -0.25) is 14.9 Å². The number of aliphatic hydroxyl groups excluding tert-OH is 1. The van der Waals surface area contributed by atoms with E-state index in [0.29, 0.717) is 0 Å². The average molecular weight is 281 g/mol. The first-order valence-electron chi connectivity index (χ1n) is 6.08. The second kappa shape index (κ2) is 5.28. The minimum Gasteiger partial charge on any atom is -0.385 e. The number of hydrogen-bond acceptors (Lipinski definition) is 6. The normalized spacial score (nSPS) is 23.4. The van der Waals surface area contributed by atoms with Gasteiger partial charge in [0.2, 0.25) is 0 Å². The molecule has 1 heterocycles. The van der Waals surface area contributed by atoms with Crippen molar-refractivity contribution < 1.29 is 24.3 Å². The van der Waals surface area contributed by atoms with Crippen LogP contribution in [0, 0.1) is 10.1 Å². The van der Waals surface area contributed by atoms with E-state index >= 15 is 0 Å². The van der Waals surface area contributed by atoms with Crippen molar-refractivity contribution >= 4 is 11.5 Å². The molecule has 1 saturated heterocycles. The highest BCUT2D eigenvalue weighted by Crippen LogP contribution is 2.32. The fraction of sp³-hybridized carbons (Fsp3) is 0.462. The van der Waals surface area contributed by atoms with Crippen molar-refractivity contribution in [3.05, 3.63) is 39.9 Å². The molecular formula is C13H15NO6. The van der Waals surface area contributed by atoms with E-state index in [1.54, 1.807) is 19.9 Å². The molecular weight excluding hydrogens is 266 g/mol. The standard InChI is InChI=1S/C13H15NO6/c1-13(2)19-7-10(15)12(20-13)11(16)8-5-3-4-6-9(8)14(17)18/h3-6,11-12,16H,7H2,1-2H3/t11-,12+/m1/s1. The maximum atomic E-state index is 11.8. The summed E-state index contributed by atoms with van der Waals surface area (Å²) in [7, 11) is 0. The van der Waals surface area contributed by atoms with Gasteiger partial charge in [0.25, 0.3) is 5.69 Å². The largest absolute Gasteiger partial charge is 0.385 e. The SMILES string of the molecule is CC1(C)OCC(=O)[C@@H]([C@H](O)c2ccccc2[N+](=O)[O-])O1. The van der Waals surface area contributed by atoms with Gasteiger partial charge in [-0.2, -0.15) is 0 Å². The van der Waals surface area contributed by atoms with Crippen molar-refractivity contribution in [2.24, 2.45) is 0 Å². The summed E-state index contributed by atoms with van der Waals surface area (Å²) in [5, 5.41) is 21.2. The fourth-order valence-corrected chi connectivity index (χ4v) is 2.04. The van der Waals surface area contributed by atoms with Gasteiger partial charge in [0.1, 0.15) is 12.7 Å². The molecule has 1 N–H and O–H groups in total. The molecule has 2 rings (SSSR count). The van der Waals surface area contributed by atoms with E-state index in [-0.39, 0.29) is 17.9 Å². The first-order valence-corrected chi connectivity index (χ1v) is 6.08. The zero-order valence-electron chi connectivity index (χ0n) is 11.1. The zero-order valence-corrected chi connectivity index (χ0v) is 11.1. The van der Waals surface area contributed by atoms with E-state index in [0.717, 1.165) is 0 Å². The Morgan fingerprint density at radius 1 is 1.45 bits per heavy atom. The minimum atomic E-state index is -1.41. The lowest BCUT2D eigenvalue weighted by Gasteiger charge is -2.36. The van der Waals surface area contributed by atoms with Crippen LogP contribution in [-0.2, 0) is 14.3 Å². The Labute approximate surface area is 115 Å². The molecule has 7 heteroatoms. The molecule has 1 aliphatic heterocycles. The van der Waals surface area contributed by atoms with Crippen LogP contribution < -0.4 is 0 Å². The maximum Gasteiger partial charge on any atom is 0.275 e. The van der Waals surface area contributed by atoms with E-state index in [1.165, 1.54) is 18.2 Å². The second-order valence-electron chi connectivity index (χ2n) is 4.95. The molecule has 7 nitrogen and oxygen atoms in total. The lowest BCUT2D eigenvalue weighted by Crippen LogP contribution is -2.48. The fourth-order valence-electron chi connectivity index (χ4n) is 2.04. The van der Waals surface area contributed by atoms with E-state index in [4.69, 9.17) is 9.47 Å². The van der Waals surface area contributed by atoms with Gasteiger partial charge >= 0.3 is 0 Å². The van der Waals surface area contributed by atoms with Gasteiger partial charge in [-0.25, -0.2) is 0 Å². The Balaban J connectivity index is 2.33. The summed E-state index contributed by atoms with van der Waals surface area (Å²) in [4.78, 5) is 22.2. The molecule has 0 aromatic heterocycles. The highest BCUT2D eigenvalue weighted by atomic mass is 16.7. The van der Waals surface area contributed by atoms with Crippen molar-refractivity contribution in [3.63, 3.8) is 0 Å². The highest BCUT2D eigenvalue weighted by molar-refractivity contribution is 5.85. The second-order valence-corrected chi connectivity index (χ2v) is 4.95. The number of nitro benzene ring substituents is 1. The van der Waals surface area contributed by atoms with E-state index in [1.807, 2.05) is 0 Å². The van der Waals surface area contributed by atoms with E-state index in [2.05, 4.69) is 0 Å². The van der Waals surface area contributed by atoms with Gasteiger partial charge in [-0.1, -0.05) is 12.1 Å². The number of rotatable bonds is 3. The molecule has 0 bridgehead atoms. The van der Waals surface area contributed by atoms with Gasteiger partial charge in [-0.05, 0) is 19.9 Å². The van der Waals surface area contributed by atoms with Crippen LogP contribution in [-0.4, -0.2) is 34.3 Å². The summed E-state index contributed by atoms with van der Waals surface area (Å²) < 4.78 is 10.5. The topological polar surface area (TPSA) is 98.9 Å². The van der Waals surface area contributed by atoms with E-state index in [9.17, 15) is 20.0 Å². The molecule has 108 valence electrons. The number of carbonyl (C=O) groups is 1. The summed E-state index contributed by atoms with van der Waals surface area (Å²) >= 11 is 0. The number of benzene rings is 1. The number of nitrogens with zero attached hydrogens (tertiary/aromatic N) is 1. The predicted molar refractivity (Wildman–Crippen MR) is 68.0 cm³/mol. The number of hydrogen-bond donors (Lipinski definition) is 1. The molecule has 0 aliphatic carbocycles. The van der Waals surface area contributed by atoms with Crippen LogP contribution in [0.5, 0.6) is 0 Å². The minimum absolute atomic E-state index is 0.0496. The molecule has 1 aromatic carbocycles. The zero-order chi connectivity index (χ0) is 14.9. The molecule has 0 unspecified atom stereocenters. The van der Waals surface area contributed by atoms with Crippen LogP contribution in [0.2, 0.25) is 0 Å². The number of ketones is 1. The Morgan fingerprint density at radius 2 is 2.10 bits per heavy atom. The van der Waals surface area contributed by atoms with Gasteiger partial charge in [0.05, 0.1) is 10.5 Å².